The zero-order chi connectivity index (χ0) is 19.7. The van der Waals surface area contributed by atoms with Crippen molar-refractivity contribution in [1.29, 1.82) is 0 Å². The fraction of sp³-hybridized carbons (Fsp3) is 0.0909. The molecule has 4 rings (SSSR count). The zero-order valence-corrected chi connectivity index (χ0v) is 16.9. The van der Waals surface area contributed by atoms with Gasteiger partial charge in [-0.3, -0.25) is 4.79 Å². The number of furan rings is 1. The van der Waals surface area contributed by atoms with E-state index in [4.69, 9.17) is 16.0 Å². The number of thioether (sulfide) groups is 1. The van der Waals surface area contributed by atoms with Gasteiger partial charge in [0.2, 0.25) is 0 Å². The lowest BCUT2D eigenvalue weighted by atomic mass is 10.1. The first-order chi connectivity index (χ1) is 13.5. The van der Waals surface area contributed by atoms with Crippen molar-refractivity contribution in [3.63, 3.8) is 0 Å². The number of carbonyl (C=O) groups excluding carboxylic acids is 1. The minimum Gasteiger partial charge on any atom is -0.457 e. The van der Waals surface area contributed by atoms with Crippen LogP contribution in [0.5, 0.6) is 0 Å². The number of hydrogen-bond donors (Lipinski definition) is 1. The molecule has 1 saturated heterocycles. The molecular weight excluding hydrogens is 392 g/mol. The van der Waals surface area contributed by atoms with Crippen molar-refractivity contribution in [3.8, 4) is 11.3 Å². The molecule has 1 aliphatic rings. The lowest BCUT2D eigenvalue weighted by molar-refractivity contribution is -0.115. The Morgan fingerprint density at radius 3 is 2.75 bits per heavy atom. The van der Waals surface area contributed by atoms with Crippen LogP contribution in [-0.4, -0.2) is 11.1 Å². The van der Waals surface area contributed by atoms with Crippen LogP contribution in [0, 0.1) is 13.8 Å². The normalized spacial score (nSPS) is 16.8. The molecule has 2 heterocycles. The quantitative estimate of drug-likeness (QED) is 0.532. The van der Waals surface area contributed by atoms with Crippen LogP contribution >= 0.6 is 23.4 Å². The summed E-state index contributed by atoms with van der Waals surface area (Å²) in [5, 5.41) is 3.99. The van der Waals surface area contributed by atoms with Crippen LogP contribution in [0.15, 0.2) is 68.9 Å². The second-order valence-electron chi connectivity index (χ2n) is 6.45. The standard InChI is InChI=1S/C22H17ClN2O2S/c1-13-7-8-14(2)18(11-13)24-22-25-21(26)20(28-22)12-15-9-10-19(27-15)16-5-3-4-6-17(16)23/h3-12H,1-2H3,(H,24,25,26). The Kier molecular flexibility index (Phi) is 5.11. The van der Waals surface area contributed by atoms with Gasteiger partial charge in [0.05, 0.1) is 15.6 Å². The molecule has 1 aromatic heterocycles. The van der Waals surface area contributed by atoms with Gasteiger partial charge in [0, 0.05) is 11.6 Å². The van der Waals surface area contributed by atoms with E-state index in [0.29, 0.717) is 26.6 Å². The number of nitrogens with zero attached hydrogens (tertiary/aromatic N) is 1. The fourth-order valence-corrected chi connectivity index (χ4v) is 3.84. The third-order valence-electron chi connectivity index (χ3n) is 4.28. The van der Waals surface area contributed by atoms with Gasteiger partial charge in [0.15, 0.2) is 5.17 Å². The Morgan fingerprint density at radius 2 is 1.93 bits per heavy atom. The van der Waals surface area contributed by atoms with Crippen LogP contribution < -0.4 is 5.32 Å². The first-order valence-electron chi connectivity index (χ1n) is 8.71. The van der Waals surface area contributed by atoms with Gasteiger partial charge in [-0.1, -0.05) is 35.9 Å². The number of hydrogen-bond acceptors (Lipinski definition) is 4. The predicted octanol–water partition coefficient (Wildman–Crippen LogP) is 6.11. The van der Waals surface area contributed by atoms with Crippen molar-refractivity contribution in [2.24, 2.45) is 4.99 Å². The number of carbonyl (C=O) groups is 1. The lowest BCUT2D eigenvalue weighted by Crippen LogP contribution is -2.19. The first-order valence-corrected chi connectivity index (χ1v) is 9.90. The molecule has 1 fully saturated rings. The van der Waals surface area contributed by atoms with E-state index in [0.717, 1.165) is 22.4 Å². The average Bonchev–Trinajstić information content (AvgIpc) is 3.26. The second-order valence-corrected chi connectivity index (χ2v) is 7.89. The molecule has 3 aromatic rings. The number of aliphatic imine (C=N–C) groups is 1. The molecule has 0 unspecified atom stereocenters. The number of halogens is 1. The molecule has 0 aliphatic carbocycles. The van der Waals surface area contributed by atoms with Gasteiger partial charge in [-0.25, -0.2) is 4.99 Å². The van der Waals surface area contributed by atoms with Gasteiger partial charge in [-0.2, -0.15) is 0 Å². The van der Waals surface area contributed by atoms with E-state index >= 15 is 0 Å². The van der Waals surface area contributed by atoms with Crippen LogP contribution in [0.25, 0.3) is 17.4 Å². The van der Waals surface area contributed by atoms with Gasteiger partial charge in [-0.15, -0.1) is 0 Å². The Hall–Kier alpha value is -2.76. The Labute approximate surface area is 172 Å². The Morgan fingerprint density at radius 1 is 1.11 bits per heavy atom. The second kappa shape index (κ2) is 7.70. The molecule has 6 heteroatoms. The van der Waals surface area contributed by atoms with Crippen molar-refractivity contribution >= 4 is 46.2 Å². The maximum atomic E-state index is 12.3. The van der Waals surface area contributed by atoms with Gasteiger partial charge in [0.25, 0.3) is 5.91 Å². The predicted molar refractivity (Wildman–Crippen MR) is 116 cm³/mol. The Bertz CT molecular complexity index is 1130. The van der Waals surface area contributed by atoms with E-state index in [9.17, 15) is 4.79 Å². The number of amides is 1. The molecule has 0 spiro atoms. The Balaban J connectivity index is 1.58. The monoisotopic (exact) mass is 408 g/mol. The lowest BCUT2D eigenvalue weighted by Gasteiger charge is -2.02. The summed E-state index contributed by atoms with van der Waals surface area (Å²) in [7, 11) is 0. The first kappa shape index (κ1) is 18.6. The maximum absolute atomic E-state index is 12.3. The largest absolute Gasteiger partial charge is 0.457 e. The fourth-order valence-electron chi connectivity index (χ4n) is 2.80. The summed E-state index contributed by atoms with van der Waals surface area (Å²) in [4.78, 5) is 17.4. The van der Waals surface area contributed by atoms with E-state index in [-0.39, 0.29) is 5.91 Å². The molecule has 0 saturated carbocycles. The van der Waals surface area contributed by atoms with Crippen LogP contribution in [-0.2, 0) is 4.79 Å². The number of amidine groups is 1. The van der Waals surface area contributed by atoms with Crippen molar-refractivity contribution in [1.82, 2.24) is 5.32 Å². The molecular formula is C22H17ClN2O2S. The van der Waals surface area contributed by atoms with Crippen molar-refractivity contribution in [2.45, 2.75) is 13.8 Å². The third kappa shape index (κ3) is 3.91. The van der Waals surface area contributed by atoms with E-state index in [1.807, 2.05) is 68.4 Å². The molecule has 140 valence electrons. The zero-order valence-electron chi connectivity index (χ0n) is 15.3. The van der Waals surface area contributed by atoms with Crippen molar-refractivity contribution in [3.05, 3.63) is 81.4 Å². The van der Waals surface area contributed by atoms with E-state index in [2.05, 4.69) is 10.3 Å². The van der Waals surface area contributed by atoms with Crippen molar-refractivity contribution in [2.75, 3.05) is 0 Å². The van der Waals surface area contributed by atoms with Crippen molar-refractivity contribution < 1.29 is 9.21 Å². The summed E-state index contributed by atoms with van der Waals surface area (Å²) in [5.41, 5.74) is 3.84. The molecule has 1 aliphatic heterocycles. The molecule has 0 bridgehead atoms. The number of nitrogens with one attached hydrogen (secondary N) is 1. The summed E-state index contributed by atoms with van der Waals surface area (Å²) < 4.78 is 5.86. The molecule has 0 atom stereocenters. The topological polar surface area (TPSA) is 54.6 Å². The summed E-state index contributed by atoms with van der Waals surface area (Å²) >= 11 is 7.52. The highest BCUT2D eigenvalue weighted by Gasteiger charge is 2.24. The van der Waals surface area contributed by atoms with Gasteiger partial charge in [0.1, 0.15) is 11.5 Å². The van der Waals surface area contributed by atoms with Crippen LogP contribution in [0.2, 0.25) is 5.02 Å². The average molecular weight is 409 g/mol. The van der Waals surface area contributed by atoms with Gasteiger partial charge in [-0.05, 0) is 67.1 Å². The van der Waals surface area contributed by atoms with Gasteiger partial charge < -0.3 is 9.73 Å². The molecule has 1 N–H and O–H groups in total. The molecule has 28 heavy (non-hydrogen) atoms. The SMILES string of the molecule is Cc1ccc(C)c(N=C2NC(=O)C(=Cc3ccc(-c4ccccc4Cl)o3)S2)c1. The molecule has 2 aromatic carbocycles. The maximum Gasteiger partial charge on any atom is 0.264 e. The molecule has 4 nitrogen and oxygen atoms in total. The van der Waals surface area contributed by atoms with E-state index in [1.165, 1.54) is 11.8 Å². The highest BCUT2D eigenvalue weighted by atomic mass is 35.5. The van der Waals surface area contributed by atoms with Crippen LogP contribution in [0.4, 0.5) is 5.69 Å². The summed E-state index contributed by atoms with van der Waals surface area (Å²) in [6.45, 7) is 4.01. The smallest absolute Gasteiger partial charge is 0.264 e. The van der Waals surface area contributed by atoms with Crippen LogP contribution in [0.1, 0.15) is 16.9 Å². The van der Waals surface area contributed by atoms with Crippen LogP contribution in [0.3, 0.4) is 0 Å². The summed E-state index contributed by atoms with van der Waals surface area (Å²) in [6.07, 6.45) is 1.71. The molecule has 1 amide bonds. The number of aryl methyl sites for hydroxylation is 2. The summed E-state index contributed by atoms with van der Waals surface area (Å²) in [5.74, 6) is 1.05. The minimum atomic E-state index is -0.190. The van der Waals surface area contributed by atoms with Gasteiger partial charge >= 0.3 is 0 Å². The third-order valence-corrected chi connectivity index (χ3v) is 5.52. The number of rotatable bonds is 3. The molecule has 0 radical (unpaired) electrons. The minimum absolute atomic E-state index is 0.190. The highest BCUT2D eigenvalue weighted by molar-refractivity contribution is 8.18. The highest BCUT2D eigenvalue weighted by Crippen LogP contribution is 2.32. The van der Waals surface area contributed by atoms with E-state index < -0.39 is 0 Å². The number of benzene rings is 2. The summed E-state index contributed by atoms with van der Waals surface area (Å²) in [6, 6.07) is 17.2. The van der Waals surface area contributed by atoms with E-state index in [1.54, 1.807) is 6.08 Å².